The molecule has 39 heavy (non-hydrogen) atoms. The van der Waals surface area contributed by atoms with E-state index in [2.05, 4.69) is 0 Å². The molecule has 1 saturated heterocycles. The number of fused-ring (bicyclic) bond motifs is 2. The van der Waals surface area contributed by atoms with Crippen molar-refractivity contribution in [3.8, 4) is 11.5 Å². The van der Waals surface area contributed by atoms with E-state index in [0.717, 1.165) is 32.7 Å². The number of hydrogen-bond acceptors (Lipinski definition) is 7. The summed E-state index contributed by atoms with van der Waals surface area (Å²) in [4.78, 5) is 33.4. The zero-order valence-corrected chi connectivity index (χ0v) is 23.0. The fraction of sp³-hybridized carbons (Fsp3) is 0.258. The van der Waals surface area contributed by atoms with Crippen LogP contribution in [0.5, 0.6) is 11.5 Å². The van der Waals surface area contributed by atoms with Gasteiger partial charge >= 0.3 is 5.91 Å². The van der Waals surface area contributed by atoms with Crippen LogP contribution in [0.4, 0.5) is 5.13 Å². The van der Waals surface area contributed by atoms with E-state index < -0.39 is 17.7 Å². The van der Waals surface area contributed by atoms with Gasteiger partial charge in [-0.05, 0) is 86.3 Å². The van der Waals surface area contributed by atoms with E-state index in [0.29, 0.717) is 35.0 Å². The van der Waals surface area contributed by atoms with Crippen molar-refractivity contribution in [2.24, 2.45) is 0 Å². The van der Waals surface area contributed by atoms with Gasteiger partial charge in [0.2, 0.25) is 0 Å². The van der Waals surface area contributed by atoms with Gasteiger partial charge in [-0.15, -0.1) is 0 Å². The second-order valence-electron chi connectivity index (χ2n) is 10.1. The number of carbonyl (C=O) groups excluding carboxylic acids is 2. The number of thiazole rings is 1. The summed E-state index contributed by atoms with van der Waals surface area (Å²) < 4.78 is 12.3. The van der Waals surface area contributed by atoms with Gasteiger partial charge in [0, 0.05) is 12.0 Å². The fourth-order valence-corrected chi connectivity index (χ4v) is 6.61. The molecule has 2 aliphatic heterocycles. The van der Waals surface area contributed by atoms with E-state index in [9.17, 15) is 14.7 Å². The summed E-state index contributed by atoms with van der Waals surface area (Å²) in [5.74, 6) is -0.240. The minimum atomic E-state index is -0.855. The molecule has 198 valence electrons. The summed E-state index contributed by atoms with van der Waals surface area (Å²) in [6.45, 7) is 8.40. The number of ketones is 1. The number of anilines is 1. The number of hydrogen-bond donors (Lipinski definition) is 1. The quantitative estimate of drug-likeness (QED) is 0.183. The summed E-state index contributed by atoms with van der Waals surface area (Å²) in [6.07, 6.45) is 0.746. The van der Waals surface area contributed by atoms with E-state index in [1.165, 1.54) is 16.2 Å². The third-order valence-electron chi connectivity index (χ3n) is 7.15. The lowest BCUT2D eigenvalue weighted by Gasteiger charge is -2.23. The normalized spacial score (nSPS) is 19.9. The molecule has 0 bridgehead atoms. The standard InChI is InChI=1S/C31H28N2O5S/c1-5-37-22-9-6-19(7-10-22)27-25(28(34)20-8-11-23-21(15-20)14-18(4)38-23)29(35)30(36)33(27)31-32-26-17(3)12-16(2)13-24(26)39-31/h6-13,15,18,27,34H,5,14H2,1-4H3/b28-25+. The van der Waals surface area contributed by atoms with Crippen LogP contribution in [0.3, 0.4) is 0 Å². The van der Waals surface area contributed by atoms with Crippen LogP contribution in [0.15, 0.2) is 60.2 Å². The lowest BCUT2D eigenvalue weighted by molar-refractivity contribution is -0.132. The molecule has 2 atom stereocenters. The third kappa shape index (κ3) is 4.25. The molecular weight excluding hydrogens is 512 g/mol. The van der Waals surface area contributed by atoms with Gasteiger partial charge in [-0.2, -0.15) is 0 Å². The Morgan fingerprint density at radius 2 is 1.90 bits per heavy atom. The number of aromatic nitrogens is 1. The Bertz CT molecular complexity index is 1670. The lowest BCUT2D eigenvalue weighted by Crippen LogP contribution is -2.29. The summed E-state index contributed by atoms with van der Waals surface area (Å²) in [7, 11) is 0. The van der Waals surface area contributed by atoms with Crippen LogP contribution >= 0.6 is 11.3 Å². The second kappa shape index (κ2) is 9.54. The molecule has 3 heterocycles. The number of ether oxygens (including phenoxy) is 2. The molecule has 1 amide bonds. The molecule has 8 heteroatoms. The highest BCUT2D eigenvalue weighted by atomic mass is 32.1. The zero-order chi connectivity index (χ0) is 27.4. The van der Waals surface area contributed by atoms with Crippen LogP contribution in [0.1, 0.15) is 47.7 Å². The smallest absolute Gasteiger partial charge is 0.301 e. The number of carbonyl (C=O) groups is 2. The summed E-state index contributed by atoms with van der Waals surface area (Å²) >= 11 is 1.36. The van der Waals surface area contributed by atoms with E-state index in [1.807, 2.05) is 58.0 Å². The fourth-order valence-electron chi connectivity index (χ4n) is 5.45. The highest BCUT2D eigenvalue weighted by molar-refractivity contribution is 7.22. The average Bonchev–Trinajstić information content (AvgIpc) is 3.57. The first-order valence-corrected chi connectivity index (χ1v) is 13.8. The number of aliphatic hydroxyl groups is 1. The summed E-state index contributed by atoms with van der Waals surface area (Å²) in [6, 6.07) is 15.8. The van der Waals surface area contributed by atoms with Crippen molar-refractivity contribution in [3.05, 3.63) is 88.0 Å². The molecular formula is C31H28N2O5S. The molecule has 0 aliphatic carbocycles. The highest BCUT2D eigenvalue weighted by Crippen LogP contribution is 2.45. The van der Waals surface area contributed by atoms with Crippen LogP contribution in [0, 0.1) is 13.8 Å². The minimum absolute atomic E-state index is 0.0308. The van der Waals surface area contributed by atoms with Crippen LogP contribution in [0.25, 0.3) is 16.0 Å². The zero-order valence-electron chi connectivity index (χ0n) is 22.1. The highest BCUT2D eigenvalue weighted by Gasteiger charge is 2.48. The maximum Gasteiger partial charge on any atom is 0.301 e. The second-order valence-corrected chi connectivity index (χ2v) is 11.1. The van der Waals surface area contributed by atoms with Gasteiger partial charge in [0.15, 0.2) is 5.13 Å². The molecule has 2 unspecified atom stereocenters. The molecule has 7 nitrogen and oxygen atoms in total. The van der Waals surface area contributed by atoms with Crippen molar-refractivity contribution in [1.82, 2.24) is 4.98 Å². The first-order valence-electron chi connectivity index (χ1n) is 13.0. The Labute approximate surface area is 230 Å². The van der Waals surface area contributed by atoms with Gasteiger partial charge in [0.25, 0.3) is 5.78 Å². The Hall–Kier alpha value is -4.17. The molecule has 1 fully saturated rings. The molecule has 6 rings (SSSR count). The number of benzene rings is 3. The molecule has 0 radical (unpaired) electrons. The van der Waals surface area contributed by atoms with Crippen molar-refractivity contribution in [2.45, 2.75) is 46.3 Å². The topological polar surface area (TPSA) is 89.0 Å². The van der Waals surface area contributed by atoms with Crippen molar-refractivity contribution in [3.63, 3.8) is 0 Å². The Balaban J connectivity index is 1.53. The molecule has 1 N–H and O–H groups in total. The van der Waals surface area contributed by atoms with Crippen molar-refractivity contribution >= 4 is 44.1 Å². The number of aryl methyl sites for hydroxylation is 2. The molecule has 4 aromatic rings. The number of Topliss-reactive ketones (excluding diaryl/α,β-unsaturated/α-hetero) is 1. The van der Waals surface area contributed by atoms with E-state index in [1.54, 1.807) is 24.3 Å². The van der Waals surface area contributed by atoms with Crippen molar-refractivity contribution in [1.29, 1.82) is 0 Å². The van der Waals surface area contributed by atoms with Gasteiger partial charge in [-0.1, -0.05) is 29.5 Å². The maximum atomic E-state index is 13.6. The Kier molecular flexibility index (Phi) is 6.14. The first kappa shape index (κ1) is 25.1. The predicted octanol–water partition coefficient (Wildman–Crippen LogP) is 6.26. The van der Waals surface area contributed by atoms with E-state index in [4.69, 9.17) is 14.5 Å². The number of rotatable bonds is 5. The first-order chi connectivity index (χ1) is 18.7. The maximum absolute atomic E-state index is 13.6. The number of nitrogens with zero attached hydrogens (tertiary/aromatic N) is 2. The van der Waals surface area contributed by atoms with Crippen LogP contribution < -0.4 is 14.4 Å². The molecule has 0 saturated carbocycles. The predicted molar refractivity (Wildman–Crippen MR) is 152 cm³/mol. The van der Waals surface area contributed by atoms with Crippen LogP contribution in [-0.2, 0) is 16.0 Å². The number of aliphatic hydroxyl groups excluding tert-OH is 1. The largest absolute Gasteiger partial charge is 0.507 e. The Morgan fingerprint density at radius 3 is 2.64 bits per heavy atom. The Morgan fingerprint density at radius 1 is 1.13 bits per heavy atom. The van der Waals surface area contributed by atoms with Gasteiger partial charge in [-0.25, -0.2) is 4.98 Å². The van der Waals surface area contributed by atoms with Gasteiger partial charge in [0.05, 0.1) is 28.4 Å². The van der Waals surface area contributed by atoms with Gasteiger partial charge in [-0.3, -0.25) is 14.5 Å². The average molecular weight is 541 g/mol. The molecule has 3 aromatic carbocycles. The lowest BCUT2D eigenvalue weighted by atomic mass is 9.94. The van der Waals surface area contributed by atoms with E-state index in [-0.39, 0.29) is 17.4 Å². The van der Waals surface area contributed by atoms with Crippen molar-refractivity contribution < 1.29 is 24.2 Å². The number of amides is 1. The monoisotopic (exact) mass is 540 g/mol. The molecule has 2 aliphatic rings. The van der Waals surface area contributed by atoms with Crippen LogP contribution in [-0.4, -0.2) is 34.5 Å². The third-order valence-corrected chi connectivity index (χ3v) is 8.15. The van der Waals surface area contributed by atoms with Gasteiger partial charge < -0.3 is 14.6 Å². The summed E-state index contributed by atoms with van der Waals surface area (Å²) in [5.41, 5.74) is 5.01. The van der Waals surface area contributed by atoms with Gasteiger partial charge in [0.1, 0.15) is 23.4 Å². The summed E-state index contributed by atoms with van der Waals surface area (Å²) in [5, 5.41) is 12.0. The molecule has 0 spiro atoms. The van der Waals surface area contributed by atoms with Crippen LogP contribution in [0.2, 0.25) is 0 Å². The SMILES string of the molecule is CCOc1ccc(C2/C(=C(\O)c3ccc4c(c3)CC(C)O4)C(=O)C(=O)N2c2nc3c(C)cc(C)cc3s2)cc1. The van der Waals surface area contributed by atoms with Crippen molar-refractivity contribution in [2.75, 3.05) is 11.5 Å². The van der Waals surface area contributed by atoms with E-state index >= 15 is 0 Å². The minimum Gasteiger partial charge on any atom is -0.507 e. The molecule has 1 aromatic heterocycles.